The van der Waals surface area contributed by atoms with Crippen LogP contribution in [0.15, 0.2) is 30.3 Å². The third-order valence-electron chi connectivity index (χ3n) is 3.16. The van der Waals surface area contributed by atoms with Gasteiger partial charge in [-0.3, -0.25) is 9.59 Å². The summed E-state index contributed by atoms with van der Waals surface area (Å²) in [5.41, 5.74) is 6.32. The summed E-state index contributed by atoms with van der Waals surface area (Å²) in [6.07, 6.45) is 0.447. The van der Waals surface area contributed by atoms with Gasteiger partial charge in [0.05, 0.1) is 16.6 Å². The number of aldehydes is 1. The number of hydrogen-bond donors (Lipinski definition) is 2. The van der Waals surface area contributed by atoms with Crippen LogP contribution < -0.4 is 5.73 Å². The Kier molecular flexibility index (Phi) is 2.35. The minimum absolute atomic E-state index is 0.0364. The molecule has 1 aromatic heterocycles. The van der Waals surface area contributed by atoms with Gasteiger partial charge < -0.3 is 10.7 Å². The molecule has 0 atom stereocenters. The number of carbonyl (C=O) groups excluding carboxylic acids is 2. The van der Waals surface area contributed by atoms with Crippen molar-refractivity contribution in [3.63, 3.8) is 0 Å². The van der Waals surface area contributed by atoms with Gasteiger partial charge in [0.1, 0.15) is 5.82 Å². The highest BCUT2D eigenvalue weighted by atomic mass is 19.1. The van der Waals surface area contributed by atoms with Gasteiger partial charge in [0.25, 0.3) is 5.91 Å². The number of fused-ring (bicyclic) bond motifs is 3. The van der Waals surface area contributed by atoms with Gasteiger partial charge in [-0.25, -0.2) is 4.39 Å². The largest absolute Gasteiger partial charge is 0.366 e. The predicted octanol–water partition coefficient (Wildman–Crippen LogP) is 2.37. The number of amides is 1. The van der Waals surface area contributed by atoms with Gasteiger partial charge in [0.15, 0.2) is 6.29 Å². The summed E-state index contributed by atoms with van der Waals surface area (Å²) in [7, 11) is 0. The fraction of sp³-hybridized carbons (Fsp3) is 0. The quantitative estimate of drug-likeness (QED) is 0.690. The average Bonchev–Trinajstić information content (AvgIpc) is 2.77. The molecule has 4 nitrogen and oxygen atoms in total. The first-order valence-corrected chi connectivity index (χ1v) is 5.61. The monoisotopic (exact) mass is 256 g/mol. The Labute approximate surface area is 107 Å². The van der Waals surface area contributed by atoms with Crippen molar-refractivity contribution < 1.29 is 14.0 Å². The van der Waals surface area contributed by atoms with Crippen molar-refractivity contribution in [2.75, 3.05) is 0 Å². The molecule has 3 N–H and O–H groups in total. The van der Waals surface area contributed by atoms with Crippen molar-refractivity contribution in [3.8, 4) is 0 Å². The highest BCUT2D eigenvalue weighted by Gasteiger charge is 2.18. The van der Waals surface area contributed by atoms with Gasteiger partial charge in [0.2, 0.25) is 0 Å². The molecule has 0 saturated heterocycles. The number of hydrogen-bond acceptors (Lipinski definition) is 2. The third kappa shape index (κ3) is 1.52. The van der Waals surface area contributed by atoms with Crippen molar-refractivity contribution in [1.82, 2.24) is 4.98 Å². The van der Waals surface area contributed by atoms with Crippen molar-refractivity contribution in [2.24, 2.45) is 5.73 Å². The van der Waals surface area contributed by atoms with E-state index in [1.54, 1.807) is 24.3 Å². The number of para-hydroxylation sites is 1. The average molecular weight is 256 g/mol. The Hall–Kier alpha value is -2.69. The summed E-state index contributed by atoms with van der Waals surface area (Å²) in [6, 6.07) is 8.11. The minimum Gasteiger partial charge on any atom is -0.366 e. The first-order chi connectivity index (χ1) is 9.13. The van der Waals surface area contributed by atoms with Crippen LogP contribution in [-0.2, 0) is 0 Å². The number of aromatic nitrogens is 1. The van der Waals surface area contributed by atoms with Crippen LogP contribution >= 0.6 is 0 Å². The molecule has 3 aromatic rings. The summed E-state index contributed by atoms with van der Waals surface area (Å²) in [4.78, 5) is 25.5. The minimum atomic E-state index is -0.749. The van der Waals surface area contributed by atoms with Gasteiger partial charge in [-0.1, -0.05) is 18.2 Å². The fourth-order valence-electron chi connectivity index (χ4n) is 2.33. The molecule has 0 aliphatic rings. The molecule has 0 bridgehead atoms. The molecule has 19 heavy (non-hydrogen) atoms. The van der Waals surface area contributed by atoms with E-state index in [1.165, 1.54) is 0 Å². The second-order valence-corrected chi connectivity index (χ2v) is 4.22. The number of nitrogens with two attached hydrogens (primary N) is 1. The molecule has 0 aliphatic heterocycles. The summed E-state index contributed by atoms with van der Waals surface area (Å²) in [5, 5.41) is 1.07. The molecule has 1 amide bonds. The molecule has 2 aromatic carbocycles. The van der Waals surface area contributed by atoms with E-state index in [2.05, 4.69) is 4.98 Å². The van der Waals surface area contributed by atoms with Gasteiger partial charge in [-0.15, -0.1) is 0 Å². The van der Waals surface area contributed by atoms with Gasteiger partial charge >= 0.3 is 0 Å². The third-order valence-corrected chi connectivity index (χ3v) is 3.16. The van der Waals surface area contributed by atoms with Crippen LogP contribution in [0.1, 0.15) is 20.7 Å². The lowest BCUT2D eigenvalue weighted by Gasteiger charge is -2.03. The molecule has 0 fully saturated rings. The van der Waals surface area contributed by atoms with Crippen LogP contribution in [0.2, 0.25) is 0 Å². The van der Waals surface area contributed by atoms with Crippen LogP contribution in [0.5, 0.6) is 0 Å². The molecule has 5 heteroatoms. The first-order valence-electron chi connectivity index (χ1n) is 5.61. The first kappa shape index (κ1) is 11.4. The van der Waals surface area contributed by atoms with Crippen LogP contribution in [-0.4, -0.2) is 17.2 Å². The van der Waals surface area contributed by atoms with E-state index in [9.17, 15) is 14.0 Å². The predicted molar refractivity (Wildman–Crippen MR) is 69.7 cm³/mol. The normalized spacial score (nSPS) is 11.0. The number of H-pyrrole nitrogens is 1. The van der Waals surface area contributed by atoms with E-state index in [1.807, 2.05) is 0 Å². The SMILES string of the molecule is NC(=O)c1cc(F)c(C=O)c2c1[nH]c1ccccc12. The summed E-state index contributed by atoms with van der Waals surface area (Å²) in [6.45, 7) is 0. The number of benzene rings is 2. The van der Waals surface area contributed by atoms with Crippen LogP contribution in [0.4, 0.5) is 4.39 Å². The maximum Gasteiger partial charge on any atom is 0.250 e. The molecule has 0 spiro atoms. The van der Waals surface area contributed by atoms with Crippen molar-refractivity contribution in [1.29, 1.82) is 0 Å². The zero-order chi connectivity index (χ0) is 13.6. The van der Waals surface area contributed by atoms with E-state index >= 15 is 0 Å². The zero-order valence-electron chi connectivity index (χ0n) is 9.74. The molecule has 0 saturated carbocycles. The molecule has 94 valence electrons. The van der Waals surface area contributed by atoms with Crippen LogP contribution in [0, 0.1) is 5.82 Å². The number of halogens is 1. The van der Waals surface area contributed by atoms with E-state index in [4.69, 9.17) is 5.73 Å². The van der Waals surface area contributed by atoms with Crippen molar-refractivity contribution in [2.45, 2.75) is 0 Å². The Morgan fingerprint density at radius 1 is 1.32 bits per heavy atom. The Bertz CT molecular complexity index is 836. The van der Waals surface area contributed by atoms with Crippen LogP contribution in [0.3, 0.4) is 0 Å². The number of aromatic amines is 1. The topological polar surface area (TPSA) is 76.0 Å². The highest BCUT2D eigenvalue weighted by molar-refractivity contribution is 6.19. The molecule has 1 heterocycles. The Balaban J connectivity index is 2.63. The van der Waals surface area contributed by atoms with E-state index in [-0.39, 0.29) is 11.1 Å². The van der Waals surface area contributed by atoms with E-state index in [0.29, 0.717) is 28.1 Å². The molecule has 0 radical (unpaired) electrons. The number of rotatable bonds is 2. The lowest BCUT2D eigenvalue weighted by atomic mass is 10.0. The highest BCUT2D eigenvalue weighted by Crippen LogP contribution is 2.31. The van der Waals surface area contributed by atoms with Crippen molar-refractivity contribution in [3.05, 3.63) is 47.3 Å². The maximum absolute atomic E-state index is 13.9. The molecular weight excluding hydrogens is 247 g/mol. The second-order valence-electron chi connectivity index (χ2n) is 4.22. The summed E-state index contributed by atoms with van der Waals surface area (Å²) in [5.74, 6) is -1.49. The number of carbonyl (C=O) groups is 2. The zero-order valence-corrected chi connectivity index (χ0v) is 9.74. The van der Waals surface area contributed by atoms with Gasteiger partial charge in [0, 0.05) is 16.3 Å². The van der Waals surface area contributed by atoms with Gasteiger partial charge in [-0.2, -0.15) is 0 Å². The molecule has 0 aliphatic carbocycles. The second kappa shape index (κ2) is 3.91. The van der Waals surface area contributed by atoms with E-state index < -0.39 is 11.7 Å². The summed E-state index contributed by atoms with van der Waals surface area (Å²) >= 11 is 0. The maximum atomic E-state index is 13.9. The fourth-order valence-corrected chi connectivity index (χ4v) is 2.33. The number of nitrogens with one attached hydrogen (secondary N) is 1. The van der Waals surface area contributed by atoms with Gasteiger partial charge in [-0.05, 0) is 12.1 Å². The standard InChI is InChI=1S/C14H9FN2O2/c15-10-5-8(14(16)19)13-12(9(10)6-18)7-3-1-2-4-11(7)17-13/h1-6,17H,(H2,16,19). The smallest absolute Gasteiger partial charge is 0.250 e. The molecule has 0 unspecified atom stereocenters. The lowest BCUT2D eigenvalue weighted by Crippen LogP contribution is -2.12. The Morgan fingerprint density at radius 3 is 2.74 bits per heavy atom. The summed E-state index contributed by atoms with van der Waals surface area (Å²) < 4.78 is 13.9. The Morgan fingerprint density at radius 2 is 2.05 bits per heavy atom. The lowest BCUT2D eigenvalue weighted by molar-refractivity contribution is 0.1000. The molecule has 3 rings (SSSR count). The van der Waals surface area contributed by atoms with E-state index in [0.717, 1.165) is 6.07 Å². The molecular formula is C14H9FN2O2. The van der Waals surface area contributed by atoms with Crippen LogP contribution in [0.25, 0.3) is 21.8 Å². The van der Waals surface area contributed by atoms with Crippen molar-refractivity contribution >= 4 is 34.0 Å². The number of primary amides is 1.